The second kappa shape index (κ2) is 5.07. The third kappa shape index (κ3) is 2.39. The molecule has 1 amide bonds. The van der Waals surface area contributed by atoms with Crippen molar-refractivity contribution >= 4 is 5.91 Å². The molecule has 0 aromatic carbocycles. The summed E-state index contributed by atoms with van der Waals surface area (Å²) >= 11 is 0. The van der Waals surface area contributed by atoms with E-state index < -0.39 is 0 Å². The minimum atomic E-state index is 0.0154. The number of carbonyl (C=O) groups excluding carboxylic acids is 1. The molecule has 1 fully saturated rings. The monoisotopic (exact) mass is 219 g/mol. The largest absolute Gasteiger partial charge is 0.337 e. The van der Waals surface area contributed by atoms with Crippen LogP contribution < -0.4 is 5.32 Å². The van der Waals surface area contributed by atoms with Crippen LogP contribution in [0.2, 0.25) is 0 Å². The van der Waals surface area contributed by atoms with Crippen molar-refractivity contribution in [3.8, 4) is 0 Å². The lowest BCUT2D eigenvalue weighted by Gasteiger charge is -2.16. The van der Waals surface area contributed by atoms with Crippen LogP contribution in [0.25, 0.3) is 0 Å². The summed E-state index contributed by atoms with van der Waals surface area (Å²) < 4.78 is 0. The van der Waals surface area contributed by atoms with Crippen molar-refractivity contribution in [1.29, 1.82) is 0 Å². The summed E-state index contributed by atoms with van der Waals surface area (Å²) in [6, 6.07) is 3.92. The standard InChI is InChI=1S/C12H17N3O/c1-2-14-11-5-7-15(12(11)16)9-10-4-3-6-13-8-10/h3-4,6,8,11,14H,2,5,7,9H2,1H3. The number of likely N-dealkylation sites (tertiary alicyclic amines) is 1. The van der Waals surface area contributed by atoms with E-state index in [1.54, 1.807) is 6.20 Å². The molecular weight excluding hydrogens is 202 g/mol. The Balaban J connectivity index is 1.95. The SMILES string of the molecule is CCNC1CCN(Cc2cccnc2)C1=O. The normalized spacial score (nSPS) is 20.4. The quantitative estimate of drug-likeness (QED) is 0.814. The third-order valence-corrected chi connectivity index (χ3v) is 2.84. The second-order valence-corrected chi connectivity index (χ2v) is 4.02. The fourth-order valence-electron chi connectivity index (χ4n) is 2.04. The molecule has 1 N–H and O–H groups in total. The number of pyridine rings is 1. The van der Waals surface area contributed by atoms with Crippen LogP contribution in [0.15, 0.2) is 24.5 Å². The van der Waals surface area contributed by atoms with Crippen LogP contribution in [0.1, 0.15) is 18.9 Å². The number of hydrogen-bond acceptors (Lipinski definition) is 3. The molecule has 1 atom stereocenters. The lowest BCUT2D eigenvalue weighted by Crippen LogP contribution is -2.37. The summed E-state index contributed by atoms with van der Waals surface area (Å²) in [5.41, 5.74) is 1.09. The highest BCUT2D eigenvalue weighted by molar-refractivity contribution is 5.83. The maximum Gasteiger partial charge on any atom is 0.240 e. The van der Waals surface area contributed by atoms with Crippen molar-refractivity contribution in [2.75, 3.05) is 13.1 Å². The molecule has 1 aromatic rings. The van der Waals surface area contributed by atoms with Crippen LogP contribution in [-0.2, 0) is 11.3 Å². The summed E-state index contributed by atoms with van der Waals surface area (Å²) in [5, 5.41) is 3.20. The highest BCUT2D eigenvalue weighted by atomic mass is 16.2. The number of nitrogens with one attached hydrogen (secondary N) is 1. The zero-order valence-corrected chi connectivity index (χ0v) is 9.52. The van der Waals surface area contributed by atoms with E-state index in [2.05, 4.69) is 10.3 Å². The fraction of sp³-hybridized carbons (Fsp3) is 0.500. The van der Waals surface area contributed by atoms with Gasteiger partial charge < -0.3 is 10.2 Å². The Morgan fingerprint density at radius 1 is 1.62 bits per heavy atom. The number of nitrogens with zero attached hydrogens (tertiary/aromatic N) is 2. The number of carbonyl (C=O) groups is 1. The molecule has 0 spiro atoms. The molecule has 4 nitrogen and oxygen atoms in total. The molecule has 0 saturated carbocycles. The van der Waals surface area contributed by atoms with Gasteiger partial charge >= 0.3 is 0 Å². The van der Waals surface area contributed by atoms with Gasteiger partial charge in [-0.3, -0.25) is 9.78 Å². The van der Waals surface area contributed by atoms with Crippen molar-refractivity contribution < 1.29 is 4.79 Å². The molecule has 1 unspecified atom stereocenters. The Morgan fingerprint density at radius 2 is 2.50 bits per heavy atom. The maximum atomic E-state index is 11.9. The molecular formula is C12H17N3O. The molecule has 2 rings (SSSR count). The second-order valence-electron chi connectivity index (χ2n) is 4.02. The number of hydrogen-bond donors (Lipinski definition) is 1. The minimum Gasteiger partial charge on any atom is -0.337 e. The Labute approximate surface area is 95.7 Å². The molecule has 16 heavy (non-hydrogen) atoms. The van der Waals surface area contributed by atoms with E-state index >= 15 is 0 Å². The minimum absolute atomic E-state index is 0.0154. The van der Waals surface area contributed by atoms with Gasteiger partial charge in [0, 0.05) is 25.5 Å². The molecule has 0 radical (unpaired) electrons. The number of amides is 1. The first-order valence-electron chi connectivity index (χ1n) is 5.72. The van der Waals surface area contributed by atoms with Gasteiger partial charge in [0.15, 0.2) is 0 Å². The van der Waals surface area contributed by atoms with Crippen molar-refractivity contribution in [3.05, 3.63) is 30.1 Å². The Kier molecular flexibility index (Phi) is 3.51. The van der Waals surface area contributed by atoms with Crippen LogP contribution in [0, 0.1) is 0 Å². The van der Waals surface area contributed by atoms with Crippen LogP contribution in [0.4, 0.5) is 0 Å². The highest BCUT2D eigenvalue weighted by Gasteiger charge is 2.30. The van der Waals surface area contributed by atoms with Gasteiger partial charge in [0.25, 0.3) is 0 Å². The van der Waals surface area contributed by atoms with E-state index in [1.165, 1.54) is 0 Å². The molecule has 4 heteroatoms. The smallest absolute Gasteiger partial charge is 0.240 e. The predicted octanol–water partition coefficient (Wildman–Crippen LogP) is 0.792. The summed E-state index contributed by atoms with van der Waals surface area (Å²) in [4.78, 5) is 17.9. The molecule has 2 heterocycles. The van der Waals surface area contributed by atoms with Crippen LogP contribution >= 0.6 is 0 Å². The summed E-state index contributed by atoms with van der Waals surface area (Å²) in [7, 11) is 0. The Hall–Kier alpha value is -1.42. The van der Waals surface area contributed by atoms with E-state index in [0.29, 0.717) is 6.54 Å². The van der Waals surface area contributed by atoms with Gasteiger partial charge in [-0.1, -0.05) is 13.0 Å². The topological polar surface area (TPSA) is 45.2 Å². The molecule has 0 aliphatic carbocycles. The lowest BCUT2D eigenvalue weighted by atomic mass is 10.2. The van der Waals surface area contributed by atoms with Crippen LogP contribution in [-0.4, -0.2) is 34.9 Å². The van der Waals surface area contributed by atoms with Crippen molar-refractivity contribution in [1.82, 2.24) is 15.2 Å². The zero-order valence-electron chi connectivity index (χ0n) is 9.52. The zero-order chi connectivity index (χ0) is 11.4. The maximum absolute atomic E-state index is 11.9. The number of rotatable bonds is 4. The average molecular weight is 219 g/mol. The van der Waals surface area contributed by atoms with Crippen molar-refractivity contribution in [2.45, 2.75) is 25.9 Å². The number of likely N-dealkylation sites (N-methyl/N-ethyl adjacent to an activating group) is 1. The summed E-state index contributed by atoms with van der Waals surface area (Å²) in [5.74, 6) is 0.214. The van der Waals surface area contributed by atoms with Gasteiger partial charge in [0.1, 0.15) is 0 Å². The molecule has 1 saturated heterocycles. The van der Waals surface area contributed by atoms with E-state index in [4.69, 9.17) is 0 Å². The van der Waals surface area contributed by atoms with Gasteiger partial charge in [-0.05, 0) is 24.6 Å². The molecule has 0 bridgehead atoms. The van der Waals surface area contributed by atoms with Gasteiger partial charge in [-0.25, -0.2) is 0 Å². The first-order valence-corrected chi connectivity index (χ1v) is 5.72. The first kappa shape index (κ1) is 11.1. The van der Waals surface area contributed by atoms with Gasteiger partial charge in [-0.15, -0.1) is 0 Å². The molecule has 1 aliphatic heterocycles. The van der Waals surface area contributed by atoms with Gasteiger partial charge in [0.2, 0.25) is 5.91 Å². The third-order valence-electron chi connectivity index (χ3n) is 2.84. The highest BCUT2D eigenvalue weighted by Crippen LogP contribution is 2.14. The number of aromatic nitrogens is 1. The predicted molar refractivity (Wildman–Crippen MR) is 61.7 cm³/mol. The summed E-state index contributed by atoms with van der Waals surface area (Å²) in [6.45, 7) is 4.38. The van der Waals surface area contributed by atoms with Crippen LogP contribution in [0.3, 0.4) is 0 Å². The molecule has 1 aliphatic rings. The lowest BCUT2D eigenvalue weighted by molar-refractivity contribution is -0.129. The van der Waals surface area contributed by atoms with Crippen molar-refractivity contribution in [3.63, 3.8) is 0 Å². The van der Waals surface area contributed by atoms with E-state index in [9.17, 15) is 4.79 Å². The van der Waals surface area contributed by atoms with E-state index in [-0.39, 0.29) is 11.9 Å². The molecule has 1 aromatic heterocycles. The molecule has 86 valence electrons. The Morgan fingerprint density at radius 3 is 3.19 bits per heavy atom. The fourth-order valence-corrected chi connectivity index (χ4v) is 2.04. The first-order chi connectivity index (χ1) is 7.81. The average Bonchev–Trinajstić information content (AvgIpc) is 2.64. The van der Waals surface area contributed by atoms with Crippen LogP contribution in [0.5, 0.6) is 0 Å². The Bertz CT molecular complexity index is 353. The van der Waals surface area contributed by atoms with Crippen molar-refractivity contribution in [2.24, 2.45) is 0 Å². The van der Waals surface area contributed by atoms with E-state index in [1.807, 2.05) is 30.2 Å². The van der Waals surface area contributed by atoms with Gasteiger partial charge in [-0.2, -0.15) is 0 Å². The van der Waals surface area contributed by atoms with E-state index in [0.717, 1.165) is 25.1 Å². The summed E-state index contributed by atoms with van der Waals surface area (Å²) in [6.07, 6.45) is 4.47. The van der Waals surface area contributed by atoms with Gasteiger partial charge in [0.05, 0.1) is 6.04 Å².